The van der Waals surface area contributed by atoms with Crippen molar-refractivity contribution in [3.63, 3.8) is 0 Å². The number of ether oxygens (including phenoxy) is 3. The first-order valence-electron chi connectivity index (χ1n) is 12.8. The topological polar surface area (TPSA) is 113 Å². The minimum atomic E-state index is -0.709. The summed E-state index contributed by atoms with van der Waals surface area (Å²) in [5.41, 5.74) is 0.365. The van der Waals surface area contributed by atoms with Crippen molar-refractivity contribution in [2.75, 3.05) is 19.8 Å². The minimum absolute atomic E-state index is 0.0119. The molecule has 40 heavy (non-hydrogen) atoms. The summed E-state index contributed by atoms with van der Waals surface area (Å²) < 4.78 is 19.8. The molecule has 4 heterocycles. The average Bonchev–Trinajstić information content (AvgIpc) is 3.45. The van der Waals surface area contributed by atoms with Gasteiger partial charge in [0.25, 0.3) is 11.5 Å². The molecule has 0 saturated carbocycles. The molecule has 4 aromatic rings. The summed E-state index contributed by atoms with van der Waals surface area (Å²) in [4.78, 5) is 48.7. The third kappa shape index (κ3) is 5.89. The first-order chi connectivity index (χ1) is 19.4. The molecule has 0 radical (unpaired) electrons. The summed E-state index contributed by atoms with van der Waals surface area (Å²) in [6, 6.07) is 11.4. The monoisotopic (exact) mass is 584 g/mol. The van der Waals surface area contributed by atoms with Crippen LogP contribution in [0.3, 0.4) is 0 Å². The van der Waals surface area contributed by atoms with Crippen LogP contribution in [0.1, 0.15) is 36.5 Å². The highest BCUT2D eigenvalue weighted by molar-refractivity contribution is 6.35. The largest absolute Gasteiger partial charge is 0.491 e. The van der Waals surface area contributed by atoms with Crippen LogP contribution in [-0.2, 0) is 20.8 Å². The second-order valence-electron chi connectivity index (χ2n) is 9.11. The molecule has 1 atom stereocenters. The molecule has 1 amide bonds. The smallest absolute Gasteiger partial charge is 0.341 e. The van der Waals surface area contributed by atoms with Gasteiger partial charge in [-0.2, -0.15) is 4.99 Å². The molecule has 0 unspecified atom stereocenters. The van der Waals surface area contributed by atoms with Gasteiger partial charge in [0.2, 0.25) is 0 Å². The molecule has 1 aliphatic heterocycles. The van der Waals surface area contributed by atoms with E-state index >= 15 is 0 Å². The summed E-state index contributed by atoms with van der Waals surface area (Å²) in [6.45, 7) is 2.59. The van der Waals surface area contributed by atoms with Crippen LogP contribution in [0.15, 0.2) is 58.4 Å². The Bertz CT molecular complexity index is 1730. The summed E-state index contributed by atoms with van der Waals surface area (Å²) in [7, 11) is 0. The van der Waals surface area contributed by atoms with E-state index in [1.807, 2.05) is 0 Å². The van der Waals surface area contributed by atoms with Gasteiger partial charge in [-0.1, -0.05) is 29.3 Å². The standard InChI is InChI=1S/C28H26Cl2N4O6/c1-2-38-28(37)20-15-19-25(31-23-7-3-4-11-33(23)27(19)36)34(16-18-6-5-12-39-18)26(20)32-24(35)10-13-40-22-9-8-17(29)14-21(22)30/h3-4,7-9,11,14-15,18H,2,5-6,10,12-13,16H2,1H3/t18-/m1/s1. The number of hydrogen-bond acceptors (Lipinski definition) is 7. The maximum atomic E-state index is 13.5. The van der Waals surface area contributed by atoms with Gasteiger partial charge in [0.05, 0.1) is 42.7 Å². The number of aromatic nitrogens is 3. The molecule has 0 bridgehead atoms. The third-order valence-corrected chi connectivity index (χ3v) is 6.92. The first kappa shape index (κ1) is 27.8. The van der Waals surface area contributed by atoms with Crippen molar-refractivity contribution < 1.29 is 23.8 Å². The first-order valence-corrected chi connectivity index (χ1v) is 13.6. The molecule has 1 aromatic carbocycles. The molecule has 5 rings (SSSR count). The van der Waals surface area contributed by atoms with E-state index in [4.69, 9.17) is 42.4 Å². The SMILES string of the molecule is CCOC(=O)c1cc2c(=O)n3ccccc3nc2n(C[C@H]2CCCO2)c1=NC(=O)CCOc1ccc(Cl)cc1Cl. The molecular weight excluding hydrogens is 559 g/mol. The highest BCUT2D eigenvalue weighted by Crippen LogP contribution is 2.27. The Hall–Kier alpha value is -3.73. The number of halogens is 2. The Balaban J connectivity index is 1.62. The van der Waals surface area contributed by atoms with Gasteiger partial charge in [-0.15, -0.1) is 0 Å². The van der Waals surface area contributed by atoms with Gasteiger partial charge in [0.15, 0.2) is 5.49 Å². The summed E-state index contributed by atoms with van der Waals surface area (Å²) >= 11 is 12.1. The van der Waals surface area contributed by atoms with E-state index in [9.17, 15) is 14.4 Å². The van der Waals surface area contributed by atoms with Crippen LogP contribution in [0, 0.1) is 0 Å². The zero-order valence-electron chi connectivity index (χ0n) is 21.6. The van der Waals surface area contributed by atoms with Gasteiger partial charge in [0, 0.05) is 17.8 Å². The Morgan fingerprint density at radius 2 is 2.05 bits per heavy atom. The summed E-state index contributed by atoms with van der Waals surface area (Å²) in [5.74, 6) is -0.880. The molecule has 1 saturated heterocycles. The molecule has 208 valence electrons. The van der Waals surface area contributed by atoms with Crippen LogP contribution in [0.25, 0.3) is 16.7 Å². The number of hydrogen-bond donors (Lipinski definition) is 0. The summed E-state index contributed by atoms with van der Waals surface area (Å²) in [5, 5.41) is 0.968. The normalized spacial score (nSPS) is 15.6. The molecule has 0 spiro atoms. The highest BCUT2D eigenvalue weighted by Gasteiger charge is 2.23. The van der Waals surface area contributed by atoms with Crippen LogP contribution in [0.4, 0.5) is 0 Å². The molecular formula is C28H26Cl2N4O6. The van der Waals surface area contributed by atoms with Gasteiger partial charge < -0.3 is 18.8 Å². The zero-order valence-corrected chi connectivity index (χ0v) is 23.2. The second-order valence-corrected chi connectivity index (χ2v) is 9.95. The van der Waals surface area contributed by atoms with Crippen LogP contribution in [0.5, 0.6) is 5.75 Å². The van der Waals surface area contributed by atoms with E-state index in [1.165, 1.54) is 10.5 Å². The third-order valence-electron chi connectivity index (χ3n) is 6.39. The maximum absolute atomic E-state index is 13.5. The van der Waals surface area contributed by atoms with Gasteiger partial charge in [-0.25, -0.2) is 9.78 Å². The number of carbonyl (C=O) groups excluding carboxylic acids is 2. The van der Waals surface area contributed by atoms with Crippen LogP contribution >= 0.6 is 23.2 Å². The molecule has 3 aromatic heterocycles. The van der Waals surface area contributed by atoms with Crippen molar-refractivity contribution >= 4 is 51.8 Å². The molecule has 10 nitrogen and oxygen atoms in total. The lowest BCUT2D eigenvalue weighted by Crippen LogP contribution is -2.35. The lowest BCUT2D eigenvalue weighted by atomic mass is 10.2. The number of pyridine rings is 2. The van der Waals surface area contributed by atoms with E-state index < -0.39 is 11.9 Å². The van der Waals surface area contributed by atoms with Crippen molar-refractivity contribution in [1.29, 1.82) is 0 Å². The number of fused-ring (bicyclic) bond motifs is 2. The average molecular weight is 585 g/mol. The fourth-order valence-corrected chi connectivity index (χ4v) is 5.00. The molecule has 1 aliphatic rings. The number of esters is 1. The van der Waals surface area contributed by atoms with Gasteiger partial charge in [-0.3, -0.25) is 14.0 Å². The number of rotatable bonds is 8. The highest BCUT2D eigenvalue weighted by atomic mass is 35.5. The predicted octanol–water partition coefficient (Wildman–Crippen LogP) is 4.21. The number of amides is 1. The van der Waals surface area contributed by atoms with Gasteiger partial charge in [-0.05, 0) is 56.2 Å². The Labute approximate surface area is 238 Å². The van der Waals surface area contributed by atoms with E-state index in [-0.39, 0.29) is 59.9 Å². The maximum Gasteiger partial charge on any atom is 0.341 e. The molecule has 0 N–H and O–H groups in total. The molecule has 1 fully saturated rings. The van der Waals surface area contributed by atoms with E-state index in [2.05, 4.69) is 4.99 Å². The molecule has 12 heteroatoms. The van der Waals surface area contributed by atoms with E-state index in [0.717, 1.165) is 12.8 Å². The van der Waals surface area contributed by atoms with Crippen LogP contribution in [-0.4, -0.2) is 51.8 Å². The fourth-order valence-electron chi connectivity index (χ4n) is 4.54. The minimum Gasteiger partial charge on any atom is -0.491 e. The van der Waals surface area contributed by atoms with E-state index in [0.29, 0.717) is 28.0 Å². The van der Waals surface area contributed by atoms with Crippen LogP contribution in [0.2, 0.25) is 10.0 Å². The Kier molecular flexibility index (Phi) is 8.49. The van der Waals surface area contributed by atoms with E-state index in [1.54, 1.807) is 54.1 Å². The van der Waals surface area contributed by atoms with Crippen molar-refractivity contribution in [1.82, 2.24) is 14.0 Å². The van der Waals surface area contributed by atoms with Crippen molar-refractivity contribution in [3.8, 4) is 5.75 Å². The number of carbonyl (C=O) groups is 2. The fraction of sp³-hybridized carbons (Fsp3) is 0.321. The predicted molar refractivity (Wildman–Crippen MR) is 149 cm³/mol. The quantitative estimate of drug-likeness (QED) is 0.225. The van der Waals surface area contributed by atoms with Gasteiger partial charge >= 0.3 is 5.97 Å². The lowest BCUT2D eigenvalue weighted by molar-refractivity contribution is -0.118. The number of benzene rings is 1. The van der Waals surface area contributed by atoms with Gasteiger partial charge in [0.1, 0.15) is 22.6 Å². The van der Waals surface area contributed by atoms with Crippen molar-refractivity contribution in [2.45, 2.75) is 38.8 Å². The van der Waals surface area contributed by atoms with Crippen molar-refractivity contribution in [2.24, 2.45) is 4.99 Å². The van der Waals surface area contributed by atoms with Crippen LogP contribution < -0.4 is 15.8 Å². The zero-order chi connectivity index (χ0) is 28.2. The summed E-state index contributed by atoms with van der Waals surface area (Å²) in [6.07, 6.45) is 2.94. The Morgan fingerprint density at radius 1 is 1.20 bits per heavy atom. The lowest BCUT2D eigenvalue weighted by Gasteiger charge is -2.18. The number of nitrogens with zero attached hydrogens (tertiary/aromatic N) is 4. The second kappa shape index (κ2) is 12.2. The van der Waals surface area contributed by atoms with Crippen molar-refractivity contribution in [3.05, 3.63) is 80.1 Å². The molecule has 0 aliphatic carbocycles. The Morgan fingerprint density at radius 3 is 2.80 bits per heavy atom.